The van der Waals surface area contributed by atoms with Crippen LogP contribution in [-0.4, -0.2) is 19.4 Å². The zero-order valence-electron chi connectivity index (χ0n) is 13.2. The Labute approximate surface area is 139 Å². The molecule has 0 aromatic heterocycles. The molecular weight excluding hydrogens is 315 g/mol. The third-order valence-electron chi connectivity index (χ3n) is 3.37. The molecule has 1 unspecified atom stereocenters. The molecule has 0 spiro atoms. The van der Waals surface area contributed by atoms with Crippen LogP contribution in [0.15, 0.2) is 47.4 Å². The van der Waals surface area contributed by atoms with Gasteiger partial charge >= 0.3 is 6.03 Å². The van der Waals surface area contributed by atoms with Crippen LogP contribution in [0.1, 0.15) is 18.5 Å². The van der Waals surface area contributed by atoms with E-state index < -0.39 is 5.82 Å². The maximum atomic E-state index is 13.7. The molecule has 6 heteroatoms. The number of urea groups is 1. The Kier molecular flexibility index (Phi) is 5.87. The number of carbonyl (C=O) groups is 1. The van der Waals surface area contributed by atoms with Gasteiger partial charge in [0.05, 0.1) is 13.2 Å². The second-order valence-corrected chi connectivity index (χ2v) is 5.82. The molecule has 2 aromatic rings. The fourth-order valence-corrected chi connectivity index (χ4v) is 2.48. The van der Waals surface area contributed by atoms with Crippen LogP contribution in [0, 0.1) is 5.82 Å². The molecule has 0 fully saturated rings. The Morgan fingerprint density at radius 2 is 1.91 bits per heavy atom. The fourth-order valence-electron chi connectivity index (χ4n) is 2.07. The lowest BCUT2D eigenvalue weighted by Crippen LogP contribution is -2.31. The van der Waals surface area contributed by atoms with Crippen molar-refractivity contribution in [2.24, 2.45) is 0 Å². The Balaban J connectivity index is 1.97. The van der Waals surface area contributed by atoms with Gasteiger partial charge in [0.2, 0.25) is 0 Å². The van der Waals surface area contributed by atoms with Crippen LogP contribution < -0.4 is 15.4 Å². The van der Waals surface area contributed by atoms with E-state index in [-0.39, 0.29) is 17.8 Å². The molecule has 23 heavy (non-hydrogen) atoms. The minimum Gasteiger partial charge on any atom is -0.494 e. The van der Waals surface area contributed by atoms with E-state index >= 15 is 0 Å². The van der Waals surface area contributed by atoms with Gasteiger partial charge in [-0.1, -0.05) is 6.07 Å². The summed E-state index contributed by atoms with van der Waals surface area (Å²) in [6, 6.07) is 11.5. The Morgan fingerprint density at radius 1 is 1.22 bits per heavy atom. The number of rotatable bonds is 5. The number of nitrogens with one attached hydrogen (secondary N) is 2. The van der Waals surface area contributed by atoms with E-state index in [0.717, 1.165) is 4.90 Å². The van der Waals surface area contributed by atoms with E-state index in [1.807, 2.05) is 30.5 Å². The highest BCUT2D eigenvalue weighted by molar-refractivity contribution is 7.98. The molecule has 4 nitrogen and oxygen atoms in total. The zero-order valence-corrected chi connectivity index (χ0v) is 14.0. The van der Waals surface area contributed by atoms with E-state index in [1.165, 1.54) is 13.2 Å². The predicted octanol–water partition coefficient (Wildman–Crippen LogP) is 4.44. The second kappa shape index (κ2) is 7.87. The number of anilines is 1. The third kappa shape index (κ3) is 4.63. The fraction of sp³-hybridized carbons (Fsp3) is 0.235. The lowest BCUT2D eigenvalue weighted by Gasteiger charge is -2.16. The lowest BCUT2D eigenvalue weighted by molar-refractivity contribution is 0.249. The maximum absolute atomic E-state index is 13.7. The summed E-state index contributed by atoms with van der Waals surface area (Å²) < 4.78 is 18.6. The van der Waals surface area contributed by atoms with Crippen molar-refractivity contribution in [2.45, 2.75) is 17.9 Å². The third-order valence-corrected chi connectivity index (χ3v) is 4.11. The summed E-state index contributed by atoms with van der Waals surface area (Å²) in [6.07, 6.45) is 1.99. The van der Waals surface area contributed by atoms with Crippen LogP contribution in [0.4, 0.5) is 14.9 Å². The number of methoxy groups -OCH3 is 1. The van der Waals surface area contributed by atoms with Gasteiger partial charge in [-0.2, -0.15) is 0 Å². The zero-order chi connectivity index (χ0) is 16.8. The van der Waals surface area contributed by atoms with Gasteiger partial charge in [0, 0.05) is 10.6 Å². The number of hydrogen-bond acceptors (Lipinski definition) is 3. The van der Waals surface area contributed by atoms with Crippen molar-refractivity contribution in [3.8, 4) is 5.75 Å². The van der Waals surface area contributed by atoms with Crippen LogP contribution in [0.25, 0.3) is 0 Å². The van der Waals surface area contributed by atoms with Crippen LogP contribution in [0.3, 0.4) is 0 Å². The monoisotopic (exact) mass is 334 g/mol. The highest BCUT2D eigenvalue weighted by atomic mass is 32.2. The molecule has 122 valence electrons. The number of hydrogen-bond donors (Lipinski definition) is 2. The van der Waals surface area contributed by atoms with Crippen LogP contribution in [0.5, 0.6) is 5.75 Å². The molecule has 0 heterocycles. The van der Waals surface area contributed by atoms with Crippen molar-refractivity contribution in [2.75, 3.05) is 18.7 Å². The van der Waals surface area contributed by atoms with E-state index in [9.17, 15) is 9.18 Å². The summed E-state index contributed by atoms with van der Waals surface area (Å²) in [5.41, 5.74) is 1.37. The Morgan fingerprint density at radius 3 is 2.48 bits per heavy atom. The largest absolute Gasteiger partial charge is 0.494 e. The summed E-state index contributed by atoms with van der Waals surface area (Å²) in [7, 11) is 1.41. The summed E-state index contributed by atoms with van der Waals surface area (Å²) >= 11 is 1.63. The van der Waals surface area contributed by atoms with Gasteiger partial charge in [-0.25, -0.2) is 9.18 Å². The molecule has 2 rings (SSSR count). The number of carbonyl (C=O) groups excluding carboxylic acids is 1. The molecule has 0 radical (unpaired) electrons. The van der Waals surface area contributed by atoms with Crippen molar-refractivity contribution in [3.05, 3.63) is 53.8 Å². The molecule has 0 bridgehead atoms. The molecule has 2 N–H and O–H groups in total. The van der Waals surface area contributed by atoms with E-state index in [2.05, 4.69) is 10.6 Å². The lowest BCUT2D eigenvalue weighted by atomic mass is 10.1. The van der Waals surface area contributed by atoms with Gasteiger partial charge in [0.1, 0.15) is 0 Å². The first-order valence-corrected chi connectivity index (χ1v) is 8.31. The van der Waals surface area contributed by atoms with Gasteiger partial charge in [0.25, 0.3) is 0 Å². The molecule has 0 aliphatic carbocycles. The number of thioether (sulfide) groups is 1. The summed E-state index contributed by atoms with van der Waals surface area (Å²) in [5, 5.41) is 5.53. The standard InChI is InChI=1S/C17H19FN2O2S/c1-11(12-4-9-16(22-2)15(18)10-12)19-17(21)20-13-5-7-14(23-3)8-6-13/h4-11H,1-3H3,(H2,19,20,21). The van der Waals surface area contributed by atoms with E-state index in [4.69, 9.17) is 4.74 Å². The van der Waals surface area contributed by atoms with Crippen LogP contribution >= 0.6 is 11.8 Å². The van der Waals surface area contributed by atoms with Crippen molar-refractivity contribution >= 4 is 23.5 Å². The smallest absolute Gasteiger partial charge is 0.319 e. The second-order valence-electron chi connectivity index (χ2n) is 4.94. The molecule has 2 amide bonds. The first-order chi connectivity index (χ1) is 11.0. The summed E-state index contributed by atoms with van der Waals surface area (Å²) in [5.74, 6) is -0.272. The molecule has 1 atom stereocenters. The number of benzene rings is 2. The highest BCUT2D eigenvalue weighted by Crippen LogP contribution is 2.22. The number of ether oxygens (including phenoxy) is 1. The molecule has 0 saturated carbocycles. The molecule has 0 aliphatic heterocycles. The van der Waals surface area contributed by atoms with Crippen LogP contribution in [-0.2, 0) is 0 Å². The summed E-state index contributed by atoms with van der Waals surface area (Å²) in [6.45, 7) is 1.79. The molecule has 0 saturated heterocycles. The minimum atomic E-state index is -0.452. The first kappa shape index (κ1) is 17.1. The predicted molar refractivity (Wildman–Crippen MR) is 91.7 cm³/mol. The Bertz CT molecular complexity index is 677. The Hall–Kier alpha value is -2.21. The first-order valence-electron chi connectivity index (χ1n) is 7.08. The summed E-state index contributed by atoms with van der Waals surface area (Å²) in [4.78, 5) is 13.1. The van der Waals surface area contributed by atoms with E-state index in [1.54, 1.807) is 30.8 Å². The van der Waals surface area contributed by atoms with Crippen molar-refractivity contribution in [1.82, 2.24) is 5.32 Å². The van der Waals surface area contributed by atoms with Gasteiger partial charge in [-0.05, 0) is 55.1 Å². The van der Waals surface area contributed by atoms with E-state index in [0.29, 0.717) is 11.3 Å². The molecule has 0 aliphatic rings. The highest BCUT2D eigenvalue weighted by Gasteiger charge is 2.12. The average molecular weight is 334 g/mol. The van der Waals surface area contributed by atoms with Crippen LogP contribution in [0.2, 0.25) is 0 Å². The van der Waals surface area contributed by atoms with Gasteiger partial charge < -0.3 is 15.4 Å². The number of halogens is 1. The maximum Gasteiger partial charge on any atom is 0.319 e. The van der Waals surface area contributed by atoms with Crippen molar-refractivity contribution < 1.29 is 13.9 Å². The SMILES string of the molecule is COc1ccc(C(C)NC(=O)Nc2ccc(SC)cc2)cc1F. The average Bonchev–Trinajstić information content (AvgIpc) is 2.55. The number of amides is 2. The van der Waals surface area contributed by atoms with Gasteiger partial charge in [-0.3, -0.25) is 0 Å². The van der Waals surface area contributed by atoms with Gasteiger partial charge in [-0.15, -0.1) is 11.8 Å². The quantitative estimate of drug-likeness (QED) is 0.795. The topological polar surface area (TPSA) is 50.4 Å². The van der Waals surface area contributed by atoms with Crippen molar-refractivity contribution in [1.29, 1.82) is 0 Å². The molecule has 2 aromatic carbocycles. The van der Waals surface area contributed by atoms with Crippen molar-refractivity contribution in [3.63, 3.8) is 0 Å². The normalized spacial score (nSPS) is 11.7. The van der Waals surface area contributed by atoms with Gasteiger partial charge in [0.15, 0.2) is 11.6 Å². The molecular formula is C17H19FN2O2S. The minimum absolute atomic E-state index is 0.180.